The first-order valence-electron chi connectivity index (χ1n) is 7.59. The van der Waals surface area contributed by atoms with Crippen molar-refractivity contribution in [2.75, 3.05) is 26.2 Å². The minimum atomic E-state index is -0.846. The van der Waals surface area contributed by atoms with E-state index >= 15 is 0 Å². The summed E-state index contributed by atoms with van der Waals surface area (Å²) >= 11 is 0. The Morgan fingerprint density at radius 3 is 2.48 bits per heavy atom. The molecule has 6 nitrogen and oxygen atoms in total. The topological polar surface area (TPSA) is 77.9 Å². The fourth-order valence-corrected chi connectivity index (χ4v) is 3.28. The lowest BCUT2D eigenvalue weighted by atomic mass is 9.99. The Labute approximate surface area is 125 Å². The molecule has 1 unspecified atom stereocenters. The standard InChI is InChI=1S/C15H24N2O4/c1-9(2)5-16-7-11(4-13(16)18)14(19)17-6-10(3)12(8-17)15(20)21/h9-12H,4-8H2,1-3H3,(H,20,21)/t10-,11?,12-/m1/s1. The molecule has 0 saturated carbocycles. The van der Waals surface area contributed by atoms with Crippen LogP contribution in [0, 0.1) is 23.7 Å². The predicted molar refractivity (Wildman–Crippen MR) is 76.4 cm³/mol. The van der Waals surface area contributed by atoms with Crippen LogP contribution in [-0.4, -0.2) is 58.9 Å². The molecule has 1 N–H and O–H groups in total. The molecule has 2 aliphatic rings. The molecule has 118 valence electrons. The van der Waals surface area contributed by atoms with Gasteiger partial charge in [0.1, 0.15) is 0 Å². The van der Waals surface area contributed by atoms with Gasteiger partial charge in [0.2, 0.25) is 11.8 Å². The maximum Gasteiger partial charge on any atom is 0.308 e. The van der Waals surface area contributed by atoms with Gasteiger partial charge in [0.05, 0.1) is 11.8 Å². The summed E-state index contributed by atoms with van der Waals surface area (Å²) in [6, 6.07) is 0. The van der Waals surface area contributed by atoms with Crippen molar-refractivity contribution >= 4 is 17.8 Å². The first-order valence-corrected chi connectivity index (χ1v) is 7.59. The summed E-state index contributed by atoms with van der Waals surface area (Å²) in [7, 11) is 0. The second-order valence-corrected chi connectivity index (χ2v) is 6.76. The van der Waals surface area contributed by atoms with Crippen LogP contribution < -0.4 is 0 Å². The molecule has 0 aromatic rings. The summed E-state index contributed by atoms with van der Waals surface area (Å²) in [5.41, 5.74) is 0. The molecule has 0 spiro atoms. The van der Waals surface area contributed by atoms with Crippen LogP contribution in [0.4, 0.5) is 0 Å². The Balaban J connectivity index is 1.96. The van der Waals surface area contributed by atoms with Gasteiger partial charge in [-0.3, -0.25) is 14.4 Å². The van der Waals surface area contributed by atoms with Crippen molar-refractivity contribution in [3.05, 3.63) is 0 Å². The number of carbonyl (C=O) groups excluding carboxylic acids is 2. The lowest BCUT2D eigenvalue weighted by Crippen LogP contribution is -2.37. The number of carbonyl (C=O) groups is 3. The second kappa shape index (κ2) is 6.03. The van der Waals surface area contributed by atoms with E-state index in [1.54, 1.807) is 9.80 Å². The first-order chi connectivity index (χ1) is 9.79. The third-order valence-corrected chi connectivity index (χ3v) is 4.39. The zero-order chi connectivity index (χ0) is 15.7. The Bertz CT molecular complexity index is 449. The third kappa shape index (κ3) is 3.36. The number of hydrogen-bond acceptors (Lipinski definition) is 3. The van der Waals surface area contributed by atoms with E-state index in [0.29, 0.717) is 25.6 Å². The molecule has 0 bridgehead atoms. The van der Waals surface area contributed by atoms with E-state index in [0.717, 1.165) is 0 Å². The lowest BCUT2D eigenvalue weighted by Gasteiger charge is -2.21. The van der Waals surface area contributed by atoms with E-state index in [1.165, 1.54) is 0 Å². The van der Waals surface area contributed by atoms with Crippen LogP contribution >= 0.6 is 0 Å². The van der Waals surface area contributed by atoms with E-state index in [2.05, 4.69) is 0 Å². The van der Waals surface area contributed by atoms with Crippen LogP contribution in [0.5, 0.6) is 0 Å². The highest BCUT2D eigenvalue weighted by atomic mass is 16.4. The summed E-state index contributed by atoms with van der Waals surface area (Å²) in [5.74, 6) is -1.33. The minimum Gasteiger partial charge on any atom is -0.481 e. The van der Waals surface area contributed by atoms with Crippen molar-refractivity contribution in [2.24, 2.45) is 23.7 Å². The third-order valence-electron chi connectivity index (χ3n) is 4.39. The number of aliphatic carboxylic acids is 1. The number of carboxylic acids is 1. The van der Waals surface area contributed by atoms with E-state index in [1.807, 2.05) is 20.8 Å². The number of carboxylic acid groups (broad SMARTS) is 1. The van der Waals surface area contributed by atoms with Crippen molar-refractivity contribution in [1.82, 2.24) is 9.80 Å². The Morgan fingerprint density at radius 2 is 1.95 bits per heavy atom. The Morgan fingerprint density at radius 1 is 1.29 bits per heavy atom. The summed E-state index contributed by atoms with van der Waals surface area (Å²) in [6.07, 6.45) is 0.258. The second-order valence-electron chi connectivity index (χ2n) is 6.76. The van der Waals surface area contributed by atoms with Gasteiger partial charge in [-0.2, -0.15) is 0 Å². The number of hydrogen-bond donors (Lipinski definition) is 1. The van der Waals surface area contributed by atoms with Crippen molar-refractivity contribution in [1.29, 1.82) is 0 Å². The monoisotopic (exact) mass is 296 g/mol. The molecule has 2 rings (SSSR count). The molecule has 3 atom stereocenters. The number of rotatable bonds is 4. The molecule has 6 heteroatoms. The molecule has 2 saturated heterocycles. The van der Waals surface area contributed by atoms with Crippen molar-refractivity contribution in [3.8, 4) is 0 Å². The normalized spacial score (nSPS) is 29.5. The van der Waals surface area contributed by atoms with Crippen LogP contribution in [0.15, 0.2) is 0 Å². The fourth-order valence-electron chi connectivity index (χ4n) is 3.28. The molecule has 0 aromatic heterocycles. The zero-order valence-electron chi connectivity index (χ0n) is 12.9. The average molecular weight is 296 g/mol. The smallest absolute Gasteiger partial charge is 0.308 e. The summed E-state index contributed by atoms with van der Waals surface area (Å²) in [5, 5.41) is 9.13. The van der Waals surface area contributed by atoms with E-state index in [4.69, 9.17) is 5.11 Å². The SMILES string of the molecule is CC(C)CN1CC(C(=O)N2C[C@@H](C)[C@H](C(=O)O)C2)CC1=O. The van der Waals surface area contributed by atoms with Gasteiger partial charge in [0.25, 0.3) is 0 Å². The molecule has 2 amide bonds. The van der Waals surface area contributed by atoms with Gasteiger partial charge in [0.15, 0.2) is 0 Å². The Kier molecular flexibility index (Phi) is 4.54. The number of nitrogens with zero attached hydrogens (tertiary/aromatic N) is 2. The summed E-state index contributed by atoms with van der Waals surface area (Å²) < 4.78 is 0. The Hall–Kier alpha value is -1.59. The van der Waals surface area contributed by atoms with Gasteiger partial charge in [-0.25, -0.2) is 0 Å². The van der Waals surface area contributed by atoms with E-state index in [-0.39, 0.29) is 36.6 Å². The van der Waals surface area contributed by atoms with Crippen LogP contribution in [0.2, 0.25) is 0 Å². The lowest BCUT2D eigenvalue weighted by molar-refractivity contribution is -0.142. The van der Waals surface area contributed by atoms with Crippen LogP contribution in [0.3, 0.4) is 0 Å². The maximum absolute atomic E-state index is 12.5. The summed E-state index contributed by atoms with van der Waals surface area (Å²) in [6.45, 7) is 7.84. The molecule has 2 heterocycles. The van der Waals surface area contributed by atoms with E-state index < -0.39 is 11.9 Å². The molecule has 0 radical (unpaired) electrons. The van der Waals surface area contributed by atoms with Gasteiger partial charge < -0.3 is 14.9 Å². The van der Waals surface area contributed by atoms with Gasteiger partial charge >= 0.3 is 5.97 Å². The first kappa shape index (κ1) is 15.8. The van der Waals surface area contributed by atoms with Crippen molar-refractivity contribution < 1.29 is 19.5 Å². The number of amides is 2. The highest BCUT2D eigenvalue weighted by molar-refractivity contribution is 5.89. The zero-order valence-corrected chi connectivity index (χ0v) is 12.9. The van der Waals surface area contributed by atoms with Crippen LogP contribution in [-0.2, 0) is 14.4 Å². The number of likely N-dealkylation sites (tertiary alicyclic amines) is 2. The van der Waals surface area contributed by atoms with Gasteiger partial charge in [-0.1, -0.05) is 20.8 Å². The predicted octanol–water partition coefficient (Wildman–Crippen LogP) is 0.670. The minimum absolute atomic E-state index is 0.0316. The molecule has 0 aromatic carbocycles. The molecule has 2 aliphatic heterocycles. The van der Waals surface area contributed by atoms with Crippen molar-refractivity contribution in [2.45, 2.75) is 27.2 Å². The largest absolute Gasteiger partial charge is 0.481 e. The summed E-state index contributed by atoms with van der Waals surface area (Å²) in [4.78, 5) is 38.9. The molecular weight excluding hydrogens is 272 g/mol. The maximum atomic E-state index is 12.5. The molecular formula is C15H24N2O4. The van der Waals surface area contributed by atoms with Crippen LogP contribution in [0.1, 0.15) is 27.2 Å². The van der Waals surface area contributed by atoms with Gasteiger partial charge in [-0.15, -0.1) is 0 Å². The highest BCUT2D eigenvalue weighted by Crippen LogP contribution is 2.27. The fraction of sp³-hybridized carbons (Fsp3) is 0.800. The highest BCUT2D eigenvalue weighted by Gasteiger charge is 2.42. The molecule has 0 aliphatic carbocycles. The molecule has 2 fully saturated rings. The van der Waals surface area contributed by atoms with Crippen LogP contribution in [0.25, 0.3) is 0 Å². The average Bonchev–Trinajstić information content (AvgIpc) is 2.92. The van der Waals surface area contributed by atoms with E-state index in [9.17, 15) is 14.4 Å². The van der Waals surface area contributed by atoms with Gasteiger partial charge in [0, 0.05) is 32.6 Å². The van der Waals surface area contributed by atoms with Gasteiger partial charge in [-0.05, 0) is 11.8 Å². The quantitative estimate of drug-likeness (QED) is 0.827. The molecule has 21 heavy (non-hydrogen) atoms. The van der Waals surface area contributed by atoms with Crippen molar-refractivity contribution in [3.63, 3.8) is 0 Å².